The topological polar surface area (TPSA) is 64.8 Å². The molecule has 0 bridgehead atoms. The monoisotopic (exact) mass is 504 g/mol. The second-order valence-electron chi connectivity index (χ2n) is 10.3. The summed E-state index contributed by atoms with van der Waals surface area (Å²) in [6, 6.07) is 28.2. The van der Waals surface area contributed by atoms with Crippen molar-refractivity contribution in [3.63, 3.8) is 0 Å². The molecule has 38 heavy (non-hydrogen) atoms. The molecular weight excluding hydrogens is 476 g/mol. The molecule has 0 saturated carbocycles. The van der Waals surface area contributed by atoms with Crippen LogP contribution < -0.4 is 14.4 Å². The molecule has 0 N–H and O–H groups in total. The number of ether oxygens (including phenoxy) is 2. The van der Waals surface area contributed by atoms with E-state index in [1.807, 2.05) is 31.3 Å². The Labute approximate surface area is 221 Å². The molecule has 6 nitrogen and oxygen atoms in total. The molecule has 0 radical (unpaired) electrons. The van der Waals surface area contributed by atoms with Crippen LogP contribution >= 0.6 is 0 Å². The third-order valence-corrected chi connectivity index (χ3v) is 7.94. The van der Waals surface area contributed by atoms with Crippen molar-refractivity contribution in [2.45, 2.75) is 25.0 Å². The van der Waals surface area contributed by atoms with Gasteiger partial charge in [-0.3, -0.25) is 10.1 Å². The van der Waals surface area contributed by atoms with Gasteiger partial charge in [0.2, 0.25) is 5.72 Å². The number of anilines is 1. The van der Waals surface area contributed by atoms with Crippen LogP contribution in [0.15, 0.2) is 91.0 Å². The molecule has 6 heteroatoms. The average molecular weight is 505 g/mol. The third-order valence-electron chi connectivity index (χ3n) is 7.94. The zero-order valence-electron chi connectivity index (χ0n) is 21.8. The Hall–Kier alpha value is -4.58. The number of hydrogen-bond donors (Lipinski definition) is 0. The summed E-state index contributed by atoms with van der Waals surface area (Å²) in [6.45, 7) is 4.38. The van der Waals surface area contributed by atoms with Gasteiger partial charge in [0.1, 0.15) is 0 Å². The average Bonchev–Trinajstić information content (AvgIpc) is 3.10. The molecule has 0 fully saturated rings. The number of hydrogen-bond acceptors (Lipinski definition) is 5. The molecule has 190 valence electrons. The van der Waals surface area contributed by atoms with E-state index in [-0.39, 0.29) is 5.69 Å². The quantitative estimate of drug-likeness (QED) is 0.213. The molecule has 2 heterocycles. The lowest BCUT2D eigenvalue weighted by Gasteiger charge is -2.46. The first-order chi connectivity index (χ1) is 18.3. The summed E-state index contributed by atoms with van der Waals surface area (Å²) in [7, 11) is 3.55. The molecule has 4 aromatic rings. The van der Waals surface area contributed by atoms with Crippen LogP contribution in [0.3, 0.4) is 0 Å². The summed E-state index contributed by atoms with van der Waals surface area (Å²) in [4.78, 5) is 13.3. The van der Waals surface area contributed by atoms with Crippen molar-refractivity contribution in [1.82, 2.24) is 0 Å². The molecule has 0 aromatic heterocycles. The van der Waals surface area contributed by atoms with E-state index in [1.54, 1.807) is 0 Å². The van der Waals surface area contributed by atoms with Gasteiger partial charge in [-0.1, -0.05) is 60.7 Å². The van der Waals surface area contributed by atoms with Crippen molar-refractivity contribution in [3.8, 4) is 33.8 Å². The molecule has 2 aliphatic heterocycles. The second-order valence-corrected chi connectivity index (χ2v) is 10.3. The number of nitro benzene ring substituents is 1. The lowest BCUT2D eigenvalue weighted by molar-refractivity contribution is -0.385. The zero-order valence-corrected chi connectivity index (χ0v) is 21.8. The standard InChI is InChI=1S/C32H28N2O4/c1-31(2)29-26(22-13-9-6-10-14-22)18-24(21-11-7-5-8-12-21)19-27(29)33(3)32(31)16-15-23-17-25(34(35)36)20-28(37-4)30(23)38-32/h5-20H,1-4H3. The van der Waals surface area contributed by atoms with Crippen molar-refractivity contribution >= 4 is 17.5 Å². The molecule has 0 saturated heterocycles. The van der Waals surface area contributed by atoms with E-state index in [2.05, 4.69) is 79.4 Å². The van der Waals surface area contributed by atoms with E-state index in [1.165, 1.54) is 24.8 Å². The number of fused-ring (bicyclic) bond motifs is 2. The van der Waals surface area contributed by atoms with E-state index in [4.69, 9.17) is 9.47 Å². The summed E-state index contributed by atoms with van der Waals surface area (Å²) < 4.78 is 12.5. The van der Waals surface area contributed by atoms with E-state index in [0.29, 0.717) is 17.1 Å². The Balaban J connectivity index is 1.58. The van der Waals surface area contributed by atoms with Gasteiger partial charge in [0.15, 0.2) is 11.5 Å². The molecule has 2 aliphatic rings. The summed E-state index contributed by atoms with van der Waals surface area (Å²) in [5, 5.41) is 11.5. The highest BCUT2D eigenvalue weighted by Crippen LogP contribution is 2.58. The minimum Gasteiger partial charge on any atom is -0.493 e. The maximum atomic E-state index is 11.5. The van der Waals surface area contributed by atoms with E-state index in [9.17, 15) is 10.1 Å². The number of non-ortho nitro benzene ring substituents is 1. The maximum Gasteiger partial charge on any atom is 0.274 e. The summed E-state index contributed by atoms with van der Waals surface area (Å²) >= 11 is 0. The van der Waals surface area contributed by atoms with Crippen LogP contribution in [-0.4, -0.2) is 24.8 Å². The first-order valence-corrected chi connectivity index (χ1v) is 12.5. The molecule has 4 aromatic carbocycles. The predicted octanol–water partition coefficient (Wildman–Crippen LogP) is 7.47. The maximum absolute atomic E-state index is 11.5. The third kappa shape index (κ3) is 3.33. The minimum absolute atomic E-state index is 0.0361. The summed E-state index contributed by atoms with van der Waals surface area (Å²) in [5.74, 6) is 0.837. The highest BCUT2D eigenvalue weighted by Gasteiger charge is 2.59. The largest absolute Gasteiger partial charge is 0.493 e. The second kappa shape index (κ2) is 8.48. The molecule has 0 amide bonds. The molecular formula is C32H28N2O4. The van der Waals surface area contributed by atoms with Crippen LogP contribution in [0.5, 0.6) is 11.5 Å². The van der Waals surface area contributed by atoms with Gasteiger partial charge in [0.05, 0.1) is 23.5 Å². The minimum atomic E-state index is -0.884. The van der Waals surface area contributed by atoms with E-state index in [0.717, 1.165) is 27.9 Å². The Kier molecular flexibility index (Phi) is 5.31. The van der Waals surface area contributed by atoms with Gasteiger partial charge in [0, 0.05) is 24.4 Å². The Morgan fingerprint density at radius 1 is 0.895 bits per heavy atom. The lowest BCUT2D eigenvalue weighted by Crippen LogP contribution is -2.58. The van der Waals surface area contributed by atoms with Crippen molar-refractivity contribution in [2.24, 2.45) is 0 Å². The van der Waals surface area contributed by atoms with E-state index >= 15 is 0 Å². The number of methoxy groups -OCH3 is 1. The Bertz CT molecular complexity index is 1600. The van der Waals surface area contributed by atoms with E-state index < -0.39 is 16.1 Å². The number of benzene rings is 4. The van der Waals surface area contributed by atoms with Crippen molar-refractivity contribution in [2.75, 3.05) is 19.1 Å². The molecule has 6 rings (SSSR count). The first kappa shape index (κ1) is 23.8. The number of rotatable bonds is 4. The lowest BCUT2D eigenvalue weighted by atomic mass is 9.73. The van der Waals surface area contributed by atoms with Crippen LogP contribution in [0.4, 0.5) is 11.4 Å². The van der Waals surface area contributed by atoms with Crippen LogP contribution in [-0.2, 0) is 5.41 Å². The predicted molar refractivity (Wildman–Crippen MR) is 151 cm³/mol. The molecule has 1 unspecified atom stereocenters. The fourth-order valence-electron chi connectivity index (χ4n) is 5.98. The SMILES string of the molecule is COc1cc([N+](=O)[O-])cc2c1OC1(C=C2)N(C)c2cc(-c3ccccc3)cc(-c3ccccc3)c2C1(C)C. The molecule has 1 atom stereocenters. The van der Waals surface area contributed by atoms with Gasteiger partial charge in [-0.2, -0.15) is 0 Å². The van der Waals surface area contributed by atoms with Crippen LogP contribution in [0.25, 0.3) is 28.3 Å². The van der Waals surface area contributed by atoms with Gasteiger partial charge >= 0.3 is 0 Å². The van der Waals surface area contributed by atoms with Crippen LogP contribution in [0.2, 0.25) is 0 Å². The first-order valence-electron chi connectivity index (χ1n) is 12.5. The van der Waals surface area contributed by atoms with Gasteiger partial charge < -0.3 is 14.4 Å². The van der Waals surface area contributed by atoms with Crippen LogP contribution in [0.1, 0.15) is 25.0 Å². The Morgan fingerprint density at radius 2 is 1.55 bits per heavy atom. The van der Waals surface area contributed by atoms with Crippen molar-refractivity contribution in [3.05, 3.63) is 112 Å². The van der Waals surface area contributed by atoms with Gasteiger partial charge in [-0.25, -0.2) is 0 Å². The van der Waals surface area contributed by atoms with Gasteiger partial charge in [0.25, 0.3) is 5.69 Å². The molecule has 0 aliphatic carbocycles. The number of nitro groups is 1. The molecule has 1 spiro atoms. The highest BCUT2D eigenvalue weighted by molar-refractivity contribution is 5.87. The smallest absolute Gasteiger partial charge is 0.274 e. The highest BCUT2D eigenvalue weighted by atomic mass is 16.6. The van der Waals surface area contributed by atoms with Crippen molar-refractivity contribution < 1.29 is 14.4 Å². The van der Waals surface area contributed by atoms with Gasteiger partial charge in [-0.05, 0) is 65.9 Å². The normalized spacial score (nSPS) is 18.6. The van der Waals surface area contributed by atoms with Crippen LogP contribution in [0, 0.1) is 10.1 Å². The number of likely N-dealkylation sites (N-methyl/N-ethyl adjacent to an activating group) is 1. The summed E-state index contributed by atoms with van der Waals surface area (Å²) in [5.41, 5.74) is 5.99. The fourth-order valence-corrected chi connectivity index (χ4v) is 5.98. The van der Waals surface area contributed by atoms with Gasteiger partial charge in [-0.15, -0.1) is 0 Å². The number of nitrogens with zero attached hydrogens (tertiary/aromatic N) is 2. The summed E-state index contributed by atoms with van der Waals surface area (Å²) in [6.07, 6.45) is 3.94. The van der Waals surface area contributed by atoms with Crippen molar-refractivity contribution in [1.29, 1.82) is 0 Å². The fraction of sp³-hybridized carbons (Fsp3) is 0.188. The zero-order chi connectivity index (χ0) is 26.7. The Morgan fingerprint density at radius 3 is 2.18 bits per heavy atom.